The fraction of sp³-hybridized carbons (Fsp3) is 0.261. The third kappa shape index (κ3) is 3.92. The number of aromatic amines is 1. The van der Waals surface area contributed by atoms with Crippen LogP contribution in [0.2, 0.25) is 0 Å². The largest absolute Gasteiger partial charge is 0.497 e. The Bertz CT molecular complexity index is 1040. The van der Waals surface area contributed by atoms with E-state index in [1.54, 1.807) is 12.0 Å². The van der Waals surface area contributed by atoms with Gasteiger partial charge in [0.05, 0.1) is 13.2 Å². The van der Waals surface area contributed by atoms with Crippen LogP contribution >= 0.6 is 0 Å². The maximum Gasteiger partial charge on any atom is 0.264 e. The first-order valence-electron chi connectivity index (χ1n) is 9.77. The summed E-state index contributed by atoms with van der Waals surface area (Å²) in [5, 5.41) is 0. The predicted octanol–water partition coefficient (Wildman–Crippen LogP) is 3.81. The number of methoxy groups -OCH3 is 1. The molecule has 1 aliphatic heterocycles. The van der Waals surface area contributed by atoms with E-state index in [0.29, 0.717) is 12.4 Å². The van der Waals surface area contributed by atoms with E-state index in [1.807, 2.05) is 54.6 Å². The highest BCUT2D eigenvalue weighted by atomic mass is 16.5. The summed E-state index contributed by atoms with van der Waals surface area (Å²) in [7, 11) is 1.63. The van der Waals surface area contributed by atoms with E-state index < -0.39 is 5.56 Å². The molecule has 2 heterocycles. The minimum absolute atomic E-state index is 0.0599. The Morgan fingerprint density at radius 2 is 1.86 bits per heavy atom. The lowest BCUT2D eigenvalue weighted by Crippen LogP contribution is -2.40. The Kier molecular flexibility index (Phi) is 5.42. The molecular formula is C23H23N3O3. The summed E-state index contributed by atoms with van der Waals surface area (Å²) < 4.78 is 5.23. The molecule has 1 unspecified atom stereocenters. The third-order valence-electron chi connectivity index (χ3n) is 5.34. The van der Waals surface area contributed by atoms with Crippen molar-refractivity contribution >= 4 is 5.91 Å². The molecule has 1 aromatic heterocycles. The number of piperidine rings is 1. The average Bonchev–Trinajstić information content (AvgIpc) is 2.79. The quantitative estimate of drug-likeness (QED) is 0.736. The summed E-state index contributed by atoms with van der Waals surface area (Å²) in [5.41, 5.74) is 1.51. The van der Waals surface area contributed by atoms with E-state index >= 15 is 0 Å². The maximum absolute atomic E-state index is 13.2. The number of rotatable bonds is 4. The molecule has 148 valence electrons. The second-order valence-electron chi connectivity index (χ2n) is 7.12. The van der Waals surface area contributed by atoms with Crippen LogP contribution in [0.3, 0.4) is 0 Å². The van der Waals surface area contributed by atoms with Gasteiger partial charge in [0.25, 0.3) is 11.5 Å². The molecule has 0 aliphatic carbocycles. The van der Waals surface area contributed by atoms with Gasteiger partial charge in [-0.05, 0) is 37.0 Å². The fourth-order valence-electron chi connectivity index (χ4n) is 3.79. The van der Waals surface area contributed by atoms with Crippen LogP contribution in [0, 0.1) is 0 Å². The van der Waals surface area contributed by atoms with Crippen LogP contribution in [0.15, 0.2) is 65.6 Å². The molecule has 29 heavy (non-hydrogen) atoms. The zero-order valence-electron chi connectivity index (χ0n) is 16.3. The molecule has 2 aromatic carbocycles. The van der Waals surface area contributed by atoms with Crippen molar-refractivity contribution in [1.82, 2.24) is 14.9 Å². The van der Waals surface area contributed by atoms with E-state index in [4.69, 9.17) is 4.74 Å². The zero-order chi connectivity index (χ0) is 20.2. The molecule has 0 radical (unpaired) electrons. The van der Waals surface area contributed by atoms with Crippen LogP contribution < -0.4 is 10.3 Å². The van der Waals surface area contributed by atoms with Crippen molar-refractivity contribution in [1.29, 1.82) is 0 Å². The summed E-state index contributed by atoms with van der Waals surface area (Å²) in [4.78, 5) is 34.8. The van der Waals surface area contributed by atoms with Gasteiger partial charge in [0.1, 0.15) is 17.1 Å². The van der Waals surface area contributed by atoms with Gasteiger partial charge in [0, 0.05) is 18.3 Å². The zero-order valence-corrected chi connectivity index (χ0v) is 16.3. The standard InChI is InChI=1S/C23H23N3O3/c1-29-18-12-10-16(11-13-18)20-9-5-6-14-26(20)23(28)19-15-24-21(25-22(19)27)17-7-3-2-4-8-17/h2-4,7-8,10-13,15,20H,5-6,9,14H2,1H3,(H,24,25,27). The van der Waals surface area contributed by atoms with Crippen molar-refractivity contribution in [3.05, 3.63) is 82.3 Å². The van der Waals surface area contributed by atoms with Crippen molar-refractivity contribution in [2.45, 2.75) is 25.3 Å². The van der Waals surface area contributed by atoms with Gasteiger partial charge >= 0.3 is 0 Å². The Hall–Kier alpha value is -3.41. The topological polar surface area (TPSA) is 75.3 Å². The van der Waals surface area contributed by atoms with Gasteiger partial charge in [0.2, 0.25) is 0 Å². The van der Waals surface area contributed by atoms with E-state index in [9.17, 15) is 9.59 Å². The molecule has 0 spiro atoms. The maximum atomic E-state index is 13.2. The fourth-order valence-corrected chi connectivity index (χ4v) is 3.79. The number of ether oxygens (including phenoxy) is 1. The summed E-state index contributed by atoms with van der Waals surface area (Å²) in [6.45, 7) is 0.620. The normalized spacial score (nSPS) is 16.4. The van der Waals surface area contributed by atoms with E-state index in [0.717, 1.165) is 36.1 Å². The SMILES string of the molecule is COc1ccc(C2CCCCN2C(=O)c2cnc(-c3ccccc3)[nH]c2=O)cc1. The number of aromatic nitrogens is 2. The van der Waals surface area contributed by atoms with Gasteiger partial charge in [-0.2, -0.15) is 0 Å². The van der Waals surface area contributed by atoms with Crippen molar-refractivity contribution in [2.24, 2.45) is 0 Å². The van der Waals surface area contributed by atoms with E-state index in [-0.39, 0.29) is 17.5 Å². The first kappa shape index (κ1) is 18.9. The number of hydrogen-bond acceptors (Lipinski definition) is 4. The summed E-state index contributed by atoms with van der Waals surface area (Å²) in [6.07, 6.45) is 4.22. The first-order chi connectivity index (χ1) is 14.2. The minimum atomic E-state index is -0.414. The van der Waals surface area contributed by atoms with E-state index in [2.05, 4.69) is 9.97 Å². The second kappa shape index (κ2) is 8.31. The van der Waals surface area contributed by atoms with Crippen LogP contribution in [0.25, 0.3) is 11.4 Å². The molecule has 6 nitrogen and oxygen atoms in total. The molecule has 1 aliphatic rings. The van der Waals surface area contributed by atoms with Gasteiger partial charge in [-0.3, -0.25) is 9.59 Å². The third-order valence-corrected chi connectivity index (χ3v) is 5.34. The molecule has 6 heteroatoms. The number of carbonyl (C=O) groups excluding carboxylic acids is 1. The van der Waals surface area contributed by atoms with Crippen molar-refractivity contribution in [3.63, 3.8) is 0 Å². The number of hydrogen-bond donors (Lipinski definition) is 1. The molecule has 1 amide bonds. The summed E-state index contributed by atoms with van der Waals surface area (Å²) in [6, 6.07) is 17.1. The highest BCUT2D eigenvalue weighted by Crippen LogP contribution is 2.32. The van der Waals surface area contributed by atoms with Gasteiger partial charge < -0.3 is 14.6 Å². The number of likely N-dealkylation sites (tertiary alicyclic amines) is 1. The Morgan fingerprint density at radius 3 is 2.55 bits per heavy atom. The Labute approximate surface area is 169 Å². The van der Waals surface area contributed by atoms with Crippen LogP contribution in [0.5, 0.6) is 5.75 Å². The lowest BCUT2D eigenvalue weighted by Gasteiger charge is -2.36. The lowest BCUT2D eigenvalue weighted by molar-refractivity contribution is 0.0609. The smallest absolute Gasteiger partial charge is 0.264 e. The molecule has 3 aromatic rings. The van der Waals surface area contributed by atoms with Crippen molar-refractivity contribution in [3.8, 4) is 17.1 Å². The summed E-state index contributed by atoms with van der Waals surface area (Å²) >= 11 is 0. The van der Waals surface area contributed by atoms with Gasteiger partial charge in [0.15, 0.2) is 0 Å². The number of benzene rings is 2. The molecule has 0 saturated carbocycles. The number of amides is 1. The highest BCUT2D eigenvalue weighted by molar-refractivity contribution is 5.94. The molecule has 1 fully saturated rings. The van der Waals surface area contributed by atoms with Gasteiger partial charge in [-0.15, -0.1) is 0 Å². The van der Waals surface area contributed by atoms with Gasteiger partial charge in [-0.1, -0.05) is 42.5 Å². The summed E-state index contributed by atoms with van der Waals surface area (Å²) in [5.74, 6) is 0.955. The van der Waals surface area contributed by atoms with Gasteiger partial charge in [-0.25, -0.2) is 4.98 Å². The van der Waals surface area contributed by atoms with E-state index in [1.165, 1.54) is 6.20 Å². The predicted molar refractivity (Wildman–Crippen MR) is 111 cm³/mol. The Balaban J connectivity index is 1.62. The monoisotopic (exact) mass is 389 g/mol. The molecule has 1 saturated heterocycles. The number of nitrogens with zero attached hydrogens (tertiary/aromatic N) is 2. The minimum Gasteiger partial charge on any atom is -0.497 e. The van der Waals surface area contributed by atoms with Crippen LogP contribution in [0.1, 0.15) is 41.2 Å². The number of nitrogens with one attached hydrogen (secondary N) is 1. The van der Waals surface area contributed by atoms with Crippen LogP contribution in [0.4, 0.5) is 0 Å². The first-order valence-corrected chi connectivity index (χ1v) is 9.77. The number of H-pyrrole nitrogens is 1. The second-order valence-corrected chi connectivity index (χ2v) is 7.12. The molecule has 0 bridgehead atoms. The Morgan fingerprint density at radius 1 is 1.10 bits per heavy atom. The number of carbonyl (C=O) groups is 1. The average molecular weight is 389 g/mol. The van der Waals surface area contributed by atoms with Crippen LogP contribution in [-0.4, -0.2) is 34.4 Å². The lowest BCUT2D eigenvalue weighted by atomic mass is 9.94. The van der Waals surface area contributed by atoms with Crippen LogP contribution in [-0.2, 0) is 0 Å². The molecule has 4 rings (SSSR count). The molecule has 1 N–H and O–H groups in total. The van der Waals surface area contributed by atoms with Crippen molar-refractivity contribution < 1.29 is 9.53 Å². The highest BCUT2D eigenvalue weighted by Gasteiger charge is 2.30. The molecular weight excluding hydrogens is 366 g/mol. The molecule has 1 atom stereocenters. The van der Waals surface area contributed by atoms with Crippen molar-refractivity contribution in [2.75, 3.05) is 13.7 Å².